The molecule has 1 heterocycles. The highest BCUT2D eigenvalue weighted by Crippen LogP contribution is 2.33. The van der Waals surface area contributed by atoms with E-state index in [1.54, 1.807) is 13.3 Å². The maximum absolute atomic E-state index is 5.71. The zero-order chi connectivity index (χ0) is 12.5. The monoisotopic (exact) mass is 237 g/mol. The van der Waals surface area contributed by atoms with Crippen molar-refractivity contribution in [2.45, 2.75) is 45.3 Å². The molecule has 4 nitrogen and oxygen atoms in total. The highest BCUT2D eigenvalue weighted by atomic mass is 16.5. The van der Waals surface area contributed by atoms with E-state index in [1.807, 2.05) is 26.8 Å². The summed E-state index contributed by atoms with van der Waals surface area (Å²) in [6, 6.07) is 1.83. The van der Waals surface area contributed by atoms with Gasteiger partial charge in [-0.25, -0.2) is 4.98 Å². The van der Waals surface area contributed by atoms with Crippen LogP contribution in [0.2, 0.25) is 0 Å². The van der Waals surface area contributed by atoms with E-state index in [0.29, 0.717) is 17.7 Å². The second-order valence-corrected chi connectivity index (χ2v) is 5.21. The van der Waals surface area contributed by atoms with Crippen LogP contribution in [0.1, 0.15) is 33.6 Å². The Labute approximate surface area is 102 Å². The van der Waals surface area contributed by atoms with Gasteiger partial charge in [0.1, 0.15) is 11.4 Å². The van der Waals surface area contributed by atoms with Crippen LogP contribution in [0.5, 0.6) is 17.4 Å². The molecule has 0 saturated heterocycles. The normalized spacial score (nSPS) is 15.5. The maximum Gasteiger partial charge on any atom is 0.257 e. The molecule has 0 spiro atoms. The first kappa shape index (κ1) is 12.0. The molecule has 0 amide bonds. The van der Waals surface area contributed by atoms with E-state index in [9.17, 15) is 0 Å². The van der Waals surface area contributed by atoms with Crippen LogP contribution in [-0.4, -0.2) is 23.8 Å². The summed E-state index contributed by atoms with van der Waals surface area (Å²) < 4.78 is 16.6. The molecule has 1 aromatic heterocycles. The van der Waals surface area contributed by atoms with Gasteiger partial charge in [0.25, 0.3) is 5.88 Å². The molecule has 94 valence electrons. The number of aromatic nitrogens is 1. The quantitative estimate of drug-likeness (QED) is 0.807. The fraction of sp³-hybridized carbons (Fsp3) is 0.615. The molecular formula is C13H19NO3. The van der Waals surface area contributed by atoms with E-state index in [0.717, 1.165) is 18.6 Å². The first-order valence-electron chi connectivity index (χ1n) is 5.87. The third-order valence-corrected chi connectivity index (χ3v) is 2.24. The van der Waals surface area contributed by atoms with Crippen molar-refractivity contribution in [2.24, 2.45) is 0 Å². The molecule has 1 aliphatic carbocycles. The van der Waals surface area contributed by atoms with Crippen molar-refractivity contribution in [3.8, 4) is 17.4 Å². The molecule has 0 N–H and O–H groups in total. The highest BCUT2D eigenvalue weighted by Gasteiger charge is 2.24. The second kappa shape index (κ2) is 4.43. The van der Waals surface area contributed by atoms with Gasteiger partial charge in [-0.15, -0.1) is 0 Å². The number of hydrogen-bond donors (Lipinski definition) is 0. The van der Waals surface area contributed by atoms with Crippen LogP contribution in [0.4, 0.5) is 0 Å². The van der Waals surface area contributed by atoms with Gasteiger partial charge in [0.05, 0.1) is 19.4 Å². The van der Waals surface area contributed by atoms with Gasteiger partial charge in [-0.1, -0.05) is 0 Å². The summed E-state index contributed by atoms with van der Waals surface area (Å²) in [5, 5.41) is 0. The molecule has 2 rings (SSSR count). The number of pyridine rings is 1. The summed E-state index contributed by atoms with van der Waals surface area (Å²) in [6.45, 7) is 5.92. The van der Waals surface area contributed by atoms with Gasteiger partial charge < -0.3 is 14.2 Å². The van der Waals surface area contributed by atoms with Crippen molar-refractivity contribution >= 4 is 0 Å². The highest BCUT2D eigenvalue weighted by molar-refractivity contribution is 5.39. The Morgan fingerprint density at radius 1 is 1.29 bits per heavy atom. The third-order valence-electron chi connectivity index (χ3n) is 2.24. The molecule has 0 bridgehead atoms. The minimum absolute atomic E-state index is 0.293. The zero-order valence-electron chi connectivity index (χ0n) is 10.8. The van der Waals surface area contributed by atoms with Crippen LogP contribution in [-0.2, 0) is 0 Å². The Morgan fingerprint density at radius 2 is 2.00 bits per heavy atom. The average molecular weight is 237 g/mol. The molecular weight excluding hydrogens is 218 g/mol. The summed E-state index contributed by atoms with van der Waals surface area (Å²) in [5.41, 5.74) is -0.293. The average Bonchev–Trinajstić information content (AvgIpc) is 3.02. The fourth-order valence-electron chi connectivity index (χ4n) is 1.37. The molecule has 0 aliphatic heterocycles. The molecule has 4 heteroatoms. The largest absolute Gasteiger partial charge is 0.491 e. The Balaban J connectivity index is 2.15. The minimum Gasteiger partial charge on any atom is -0.491 e. The summed E-state index contributed by atoms with van der Waals surface area (Å²) in [4.78, 5) is 4.24. The first-order valence-corrected chi connectivity index (χ1v) is 5.87. The van der Waals surface area contributed by atoms with Crippen LogP contribution >= 0.6 is 0 Å². The SMILES string of the molecule is COc1cc(OC2CC2)cnc1OC(C)(C)C. The Bertz CT molecular complexity index is 394. The van der Waals surface area contributed by atoms with Crippen LogP contribution in [0.25, 0.3) is 0 Å². The predicted molar refractivity (Wildman–Crippen MR) is 64.8 cm³/mol. The van der Waals surface area contributed by atoms with E-state index in [-0.39, 0.29) is 5.60 Å². The topological polar surface area (TPSA) is 40.6 Å². The molecule has 17 heavy (non-hydrogen) atoms. The van der Waals surface area contributed by atoms with Gasteiger partial charge in [0.2, 0.25) is 0 Å². The van der Waals surface area contributed by atoms with Crippen molar-refractivity contribution < 1.29 is 14.2 Å². The number of rotatable bonds is 4. The second-order valence-electron chi connectivity index (χ2n) is 5.21. The lowest BCUT2D eigenvalue weighted by Gasteiger charge is -2.21. The molecule has 1 aromatic rings. The van der Waals surface area contributed by atoms with Gasteiger partial charge in [-0.2, -0.15) is 0 Å². The van der Waals surface area contributed by atoms with Gasteiger partial charge in [-0.05, 0) is 33.6 Å². The lowest BCUT2D eigenvalue weighted by Crippen LogP contribution is -2.23. The van der Waals surface area contributed by atoms with Crippen molar-refractivity contribution in [3.63, 3.8) is 0 Å². The summed E-state index contributed by atoms with van der Waals surface area (Å²) in [5.74, 6) is 1.85. The van der Waals surface area contributed by atoms with E-state index in [1.165, 1.54) is 0 Å². The van der Waals surface area contributed by atoms with Gasteiger partial charge >= 0.3 is 0 Å². The van der Waals surface area contributed by atoms with Crippen LogP contribution in [0, 0.1) is 0 Å². The summed E-state index contributed by atoms with van der Waals surface area (Å²) >= 11 is 0. The zero-order valence-corrected chi connectivity index (χ0v) is 10.8. The van der Waals surface area contributed by atoms with Gasteiger partial charge in [-0.3, -0.25) is 0 Å². The smallest absolute Gasteiger partial charge is 0.257 e. The van der Waals surface area contributed by atoms with Crippen molar-refractivity contribution in [1.29, 1.82) is 0 Å². The number of methoxy groups -OCH3 is 1. The molecule has 0 aromatic carbocycles. The van der Waals surface area contributed by atoms with Crippen LogP contribution in [0.3, 0.4) is 0 Å². The Hall–Kier alpha value is -1.45. The molecule has 0 unspecified atom stereocenters. The lowest BCUT2D eigenvalue weighted by atomic mass is 10.2. The van der Waals surface area contributed by atoms with E-state index in [4.69, 9.17) is 14.2 Å². The summed E-state index contributed by atoms with van der Waals surface area (Å²) in [7, 11) is 1.60. The number of ether oxygens (including phenoxy) is 3. The Kier molecular flexibility index (Phi) is 3.13. The molecule has 1 aliphatic rings. The number of nitrogens with zero attached hydrogens (tertiary/aromatic N) is 1. The van der Waals surface area contributed by atoms with Crippen LogP contribution in [0.15, 0.2) is 12.3 Å². The van der Waals surface area contributed by atoms with Crippen LogP contribution < -0.4 is 14.2 Å². The van der Waals surface area contributed by atoms with Gasteiger partial charge in [0.15, 0.2) is 5.75 Å². The molecule has 1 fully saturated rings. The number of hydrogen-bond acceptors (Lipinski definition) is 4. The van der Waals surface area contributed by atoms with Crippen molar-refractivity contribution in [3.05, 3.63) is 12.3 Å². The molecule has 1 saturated carbocycles. The Morgan fingerprint density at radius 3 is 2.53 bits per heavy atom. The fourth-order valence-corrected chi connectivity index (χ4v) is 1.37. The third kappa shape index (κ3) is 3.51. The first-order chi connectivity index (χ1) is 7.98. The minimum atomic E-state index is -0.293. The van der Waals surface area contributed by atoms with E-state index in [2.05, 4.69) is 4.98 Å². The molecule has 0 atom stereocenters. The van der Waals surface area contributed by atoms with E-state index < -0.39 is 0 Å². The standard InChI is InChI=1S/C13H19NO3/c1-13(2,3)17-12-11(15-4)7-10(8-14-12)16-9-5-6-9/h7-9H,5-6H2,1-4H3. The molecule has 0 radical (unpaired) electrons. The van der Waals surface area contributed by atoms with Crippen molar-refractivity contribution in [2.75, 3.05) is 7.11 Å². The summed E-state index contributed by atoms with van der Waals surface area (Å²) in [6.07, 6.45) is 4.29. The lowest BCUT2D eigenvalue weighted by molar-refractivity contribution is 0.118. The van der Waals surface area contributed by atoms with Gasteiger partial charge in [0, 0.05) is 6.07 Å². The van der Waals surface area contributed by atoms with E-state index >= 15 is 0 Å². The maximum atomic E-state index is 5.71. The predicted octanol–water partition coefficient (Wildman–Crippen LogP) is 2.81. The van der Waals surface area contributed by atoms with Crippen molar-refractivity contribution in [1.82, 2.24) is 4.98 Å².